The van der Waals surface area contributed by atoms with Crippen LogP contribution in [0.1, 0.15) is 42.4 Å². The van der Waals surface area contributed by atoms with E-state index in [9.17, 15) is 4.79 Å². The second-order valence-corrected chi connectivity index (χ2v) is 7.33. The Bertz CT molecular complexity index is 946. The molecule has 30 heavy (non-hydrogen) atoms. The molecule has 0 fully saturated rings. The lowest BCUT2D eigenvalue weighted by atomic mass is 9.90. The zero-order valence-corrected chi connectivity index (χ0v) is 17.3. The predicted molar refractivity (Wildman–Crippen MR) is 121 cm³/mol. The average molecular weight is 402 g/mol. The zero-order chi connectivity index (χ0) is 21.3. The van der Waals surface area contributed by atoms with E-state index in [1.54, 1.807) is 0 Å². The topological polar surface area (TPSA) is 76.7 Å². The Balaban J connectivity index is 1.69. The summed E-state index contributed by atoms with van der Waals surface area (Å²) in [6.07, 6.45) is 0. The molecule has 0 heterocycles. The number of nitrogens with one attached hydrogen (secondary N) is 1. The SMILES string of the molecule is CC(C)c1ccccc1NC(=O)CO/N=C(/N)C(c1ccccc1)c1ccccc1. The minimum absolute atomic E-state index is 0.219. The highest BCUT2D eigenvalue weighted by Gasteiger charge is 2.19. The number of anilines is 1. The van der Waals surface area contributed by atoms with Gasteiger partial charge in [0.25, 0.3) is 5.91 Å². The van der Waals surface area contributed by atoms with Crippen LogP contribution in [0, 0.1) is 0 Å². The zero-order valence-electron chi connectivity index (χ0n) is 17.3. The fourth-order valence-electron chi connectivity index (χ4n) is 3.34. The van der Waals surface area contributed by atoms with Gasteiger partial charge in [0.1, 0.15) is 0 Å². The van der Waals surface area contributed by atoms with Gasteiger partial charge in [-0.15, -0.1) is 0 Å². The number of oxime groups is 1. The van der Waals surface area contributed by atoms with Crippen LogP contribution in [0.3, 0.4) is 0 Å². The second-order valence-electron chi connectivity index (χ2n) is 7.33. The lowest BCUT2D eigenvalue weighted by Gasteiger charge is -2.17. The Hall–Kier alpha value is -3.60. The number of rotatable bonds is 8. The van der Waals surface area contributed by atoms with E-state index in [4.69, 9.17) is 10.6 Å². The second kappa shape index (κ2) is 10.3. The first kappa shape index (κ1) is 21.1. The van der Waals surface area contributed by atoms with Crippen LogP contribution >= 0.6 is 0 Å². The summed E-state index contributed by atoms with van der Waals surface area (Å²) >= 11 is 0. The van der Waals surface area contributed by atoms with Crippen LogP contribution in [0.25, 0.3) is 0 Å². The van der Waals surface area contributed by atoms with E-state index in [0.29, 0.717) is 11.8 Å². The standard InChI is InChI=1S/C25H27N3O2/c1-18(2)21-15-9-10-16-22(21)27-23(29)17-30-28-25(26)24(19-11-5-3-6-12-19)20-13-7-4-8-14-20/h3-16,18,24H,17H2,1-2H3,(H2,26,28)(H,27,29). The van der Waals surface area contributed by atoms with E-state index in [1.807, 2.05) is 84.9 Å². The molecule has 0 radical (unpaired) electrons. The van der Waals surface area contributed by atoms with E-state index in [-0.39, 0.29) is 18.4 Å². The highest BCUT2D eigenvalue weighted by Crippen LogP contribution is 2.25. The number of carbonyl (C=O) groups is 1. The summed E-state index contributed by atoms with van der Waals surface area (Å²) < 4.78 is 0. The number of hydrogen-bond acceptors (Lipinski definition) is 3. The molecular formula is C25H27N3O2. The van der Waals surface area contributed by atoms with Crippen LogP contribution in [0.15, 0.2) is 90.1 Å². The number of carbonyl (C=O) groups excluding carboxylic acids is 1. The molecule has 0 aliphatic heterocycles. The number of nitrogens with two attached hydrogens (primary N) is 1. The number of hydrogen-bond donors (Lipinski definition) is 2. The molecular weight excluding hydrogens is 374 g/mol. The summed E-state index contributed by atoms with van der Waals surface area (Å²) in [5.41, 5.74) is 10.1. The van der Waals surface area contributed by atoms with Crippen LogP contribution in [-0.4, -0.2) is 18.3 Å². The van der Waals surface area contributed by atoms with Gasteiger partial charge >= 0.3 is 0 Å². The van der Waals surface area contributed by atoms with E-state index in [2.05, 4.69) is 24.3 Å². The summed E-state index contributed by atoms with van der Waals surface area (Å²) in [5.74, 6) is 0.0594. The van der Waals surface area contributed by atoms with Crippen LogP contribution in [0.5, 0.6) is 0 Å². The molecule has 3 aromatic rings. The summed E-state index contributed by atoms with van der Waals surface area (Å²) in [7, 11) is 0. The van der Waals surface area contributed by atoms with Gasteiger partial charge < -0.3 is 15.9 Å². The van der Waals surface area contributed by atoms with Crippen LogP contribution in [0.2, 0.25) is 0 Å². The van der Waals surface area contributed by atoms with Gasteiger partial charge in [-0.3, -0.25) is 4.79 Å². The molecule has 0 aliphatic carbocycles. The van der Waals surface area contributed by atoms with Crippen LogP contribution < -0.4 is 11.1 Å². The molecule has 0 unspecified atom stereocenters. The monoisotopic (exact) mass is 401 g/mol. The summed E-state index contributed by atoms with van der Waals surface area (Å²) in [4.78, 5) is 17.6. The molecule has 0 saturated carbocycles. The molecule has 3 aromatic carbocycles. The molecule has 0 aromatic heterocycles. The van der Waals surface area contributed by atoms with Crippen LogP contribution in [-0.2, 0) is 9.63 Å². The lowest BCUT2D eigenvalue weighted by molar-refractivity contribution is -0.120. The number of para-hydroxylation sites is 1. The summed E-state index contributed by atoms with van der Waals surface area (Å²) in [6.45, 7) is 3.95. The fraction of sp³-hybridized carbons (Fsp3) is 0.200. The normalized spacial score (nSPS) is 11.5. The first-order valence-corrected chi connectivity index (χ1v) is 10.00. The Morgan fingerprint density at radius 1 is 0.900 bits per heavy atom. The number of benzene rings is 3. The van der Waals surface area contributed by atoms with Gasteiger partial charge in [-0.05, 0) is 28.7 Å². The largest absolute Gasteiger partial charge is 0.384 e. The average Bonchev–Trinajstić information content (AvgIpc) is 2.76. The summed E-state index contributed by atoms with van der Waals surface area (Å²) in [6, 6.07) is 27.5. The third-order valence-corrected chi connectivity index (χ3v) is 4.78. The number of amides is 1. The molecule has 3 rings (SSSR count). The molecule has 5 heteroatoms. The van der Waals surface area contributed by atoms with Gasteiger partial charge in [0.2, 0.25) is 0 Å². The number of amidine groups is 1. The molecule has 0 bridgehead atoms. The maximum atomic E-state index is 12.3. The minimum Gasteiger partial charge on any atom is -0.384 e. The molecule has 1 amide bonds. The molecule has 0 atom stereocenters. The third kappa shape index (κ3) is 5.47. The van der Waals surface area contributed by atoms with Gasteiger partial charge in [0.15, 0.2) is 12.4 Å². The molecule has 3 N–H and O–H groups in total. The first-order chi connectivity index (χ1) is 14.6. The van der Waals surface area contributed by atoms with Crippen molar-refractivity contribution in [2.45, 2.75) is 25.7 Å². The number of nitrogens with zero attached hydrogens (tertiary/aromatic N) is 1. The van der Waals surface area contributed by atoms with Crippen molar-refractivity contribution in [3.63, 3.8) is 0 Å². The maximum Gasteiger partial charge on any atom is 0.265 e. The van der Waals surface area contributed by atoms with Gasteiger partial charge in [-0.25, -0.2) is 0 Å². The summed E-state index contributed by atoms with van der Waals surface area (Å²) in [5, 5.41) is 6.93. The third-order valence-electron chi connectivity index (χ3n) is 4.78. The van der Waals surface area contributed by atoms with Crippen molar-refractivity contribution in [3.05, 3.63) is 102 Å². The molecule has 5 nitrogen and oxygen atoms in total. The fourth-order valence-corrected chi connectivity index (χ4v) is 3.34. The van der Waals surface area contributed by atoms with Crippen molar-refractivity contribution in [2.75, 3.05) is 11.9 Å². The minimum atomic E-state index is -0.282. The molecule has 0 saturated heterocycles. The predicted octanol–water partition coefficient (Wildman–Crippen LogP) is 4.87. The van der Waals surface area contributed by atoms with Crippen LogP contribution in [0.4, 0.5) is 5.69 Å². The Labute approximate surface area is 177 Å². The highest BCUT2D eigenvalue weighted by molar-refractivity contribution is 5.93. The van der Waals surface area contributed by atoms with Crippen molar-refractivity contribution >= 4 is 17.4 Å². The van der Waals surface area contributed by atoms with Crippen molar-refractivity contribution in [2.24, 2.45) is 10.9 Å². The Morgan fingerprint density at radius 2 is 1.43 bits per heavy atom. The lowest BCUT2D eigenvalue weighted by Crippen LogP contribution is -2.25. The maximum absolute atomic E-state index is 12.3. The van der Waals surface area contributed by atoms with E-state index < -0.39 is 0 Å². The van der Waals surface area contributed by atoms with Crippen molar-refractivity contribution in [1.29, 1.82) is 0 Å². The van der Waals surface area contributed by atoms with E-state index >= 15 is 0 Å². The molecule has 0 spiro atoms. The van der Waals surface area contributed by atoms with Gasteiger partial charge in [-0.1, -0.05) is 97.9 Å². The van der Waals surface area contributed by atoms with Gasteiger partial charge in [0.05, 0.1) is 5.92 Å². The van der Waals surface area contributed by atoms with E-state index in [1.165, 1.54) is 0 Å². The smallest absolute Gasteiger partial charge is 0.265 e. The highest BCUT2D eigenvalue weighted by atomic mass is 16.6. The van der Waals surface area contributed by atoms with E-state index in [0.717, 1.165) is 22.4 Å². The van der Waals surface area contributed by atoms with Crippen molar-refractivity contribution in [3.8, 4) is 0 Å². The van der Waals surface area contributed by atoms with Crippen molar-refractivity contribution in [1.82, 2.24) is 0 Å². The quantitative estimate of drug-likeness (QED) is 0.321. The molecule has 154 valence electrons. The van der Waals surface area contributed by atoms with Crippen molar-refractivity contribution < 1.29 is 9.63 Å². The van der Waals surface area contributed by atoms with Gasteiger partial charge in [-0.2, -0.15) is 0 Å². The first-order valence-electron chi connectivity index (χ1n) is 10.00. The Morgan fingerprint density at radius 3 is 2.00 bits per heavy atom. The molecule has 0 aliphatic rings. The Kier molecular flexibility index (Phi) is 7.22. The van der Waals surface area contributed by atoms with Gasteiger partial charge in [0, 0.05) is 5.69 Å².